The van der Waals surface area contributed by atoms with Crippen molar-refractivity contribution >= 4 is 39.1 Å². The second-order valence-electron chi connectivity index (χ2n) is 8.12. The summed E-state index contributed by atoms with van der Waals surface area (Å²) in [6, 6.07) is 9.14. The average molecular weight is 492 g/mol. The van der Waals surface area contributed by atoms with Crippen LogP contribution in [0.3, 0.4) is 0 Å². The second kappa shape index (κ2) is 9.25. The second-order valence-corrected chi connectivity index (χ2v) is 9.11. The molecule has 0 aliphatic carbocycles. The summed E-state index contributed by atoms with van der Waals surface area (Å²) < 4.78 is 45.2. The Bertz CT molecular complexity index is 1240. The lowest BCUT2D eigenvalue weighted by Crippen LogP contribution is -2.52. The number of pyridine rings is 1. The lowest BCUT2D eigenvalue weighted by atomic mass is 10.1. The number of halogens is 3. The van der Waals surface area contributed by atoms with Crippen LogP contribution in [0.4, 0.5) is 18.9 Å². The van der Waals surface area contributed by atoms with Crippen LogP contribution >= 0.6 is 11.3 Å². The molecule has 0 spiro atoms. The normalized spacial score (nSPS) is 15.9. The molecule has 1 aliphatic heterocycles. The lowest BCUT2D eigenvalue weighted by Gasteiger charge is -2.34. The first kappa shape index (κ1) is 24.0. The van der Waals surface area contributed by atoms with Crippen molar-refractivity contribution in [2.75, 3.05) is 11.4 Å². The molecule has 1 aromatic carbocycles. The van der Waals surface area contributed by atoms with Crippen LogP contribution in [0.25, 0.3) is 10.2 Å². The summed E-state index contributed by atoms with van der Waals surface area (Å²) in [5, 5.41) is 3.45. The Balaban J connectivity index is 1.69. The standard InChI is InChI=1S/C24H24F3N3O3S/c1-4-14(5-2)28-21(31)18-12-30(16-8-6-7-9-17(16)33-18)23(32)20-13(3)15-10-11-19(24(25,26)27)29-22(15)34-20/h6-11,14,18H,4-5,12H2,1-3H3,(H,28,31). The molecule has 0 radical (unpaired) electrons. The molecule has 3 aromatic rings. The molecule has 4 rings (SSSR count). The highest BCUT2D eigenvalue weighted by atomic mass is 32.1. The van der Waals surface area contributed by atoms with E-state index in [9.17, 15) is 22.8 Å². The van der Waals surface area contributed by atoms with Crippen LogP contribution in [0.15, 0.2) is 36.4 Å². The predicted molar refractivity (Wildman–Crippen MR) is 124 cm³/mol. The number of aromatic nitrogens is 1. The van der Waals surface area contributed by atoms with Gasteiger partial charge in [0.25, 0.3) is 11.8 Å². The molecule has 1 atom stereocenters. The van der Waals surface area contributed by atoms with Gasteiger partial charge in [0, 0.05) is 11.4 Å². The number of carbonyl (C=O) groups excluding carboxylic acids is 2. The number of carbonyl (C=O) groups is 2. The smallest absolute Gasteiger partial charge is 0.433 e. The summed E-state index contributed by atoms with van der Waals surface area (Å²) in [6.45, 7) is 5.62. The number of nitrogens with zero attached hydrogens (tertiary/aromatic N) is 2. The molecule has 0 fully saturated rings. The first-order chi connectivity index (χ1) is 16.1. The molecule has 1 unspecified atom stereocenters. The predicted octanol–water partition coefficient (Wildman–Crippen LogP) is 5.34. The van der Waals surface area contributed by atoms with Crippen molar-refractivity contribution in [1.82, 2.24) is 10.3 Å². The van der Waals surface area contributed by atoms with E-state index in [4.69, 9.17) is 4.74 Å². The van der Waals surface area contributed by atoms with E-state index in [0.717, 1.165) is 30.2 Å². The number of hydrogen-bond donors (Lipinski definition) is 1. The van der Waals surface area contributed by atoms with Gasteiger partial charge >= 0.3 is 6.18 Å². The topological polar surface area (TPSA) is 71.5 Å². The number of fused-ring (bicyclic) bond motifs is 2. The summed E-state index contributed by atoms with van der Waals surface area (Å²) in [6.07, 6.45) is -3.96. The molecule has 0 saturated carbocycles. The molecule has 2 amide bonds. The van der Waals surface area contributed by atoms with Crippen molar-refractivity contribution in [3.8, 4) is 5.75 Å². The summed E-state index contributed by atoms with van der Waals surface area (Å²) >= 11 is 0.914. The molecule has 1 aliphatic rings. The van der Waals surface area contributed by atoms with Crippen molar-refractivity contribution in [3.05, 3.63) is 52.5 Å². The first-order valence-electron chi connectivity index (χ1n) is 11.0. The summed E-state index contributed by atoms with van der Waals surface area (Å²) in [7, 11) is 0. The van der Waals surface area contributed by atoms with E-state index in [2.05, 4.69) is 10.3 Å². The maximum atomic E-state index is 13.6. The van der Waals surface area contributed by atoms with Crippen molar-refractivity contribution in [2.24, 2.45) is 0 Å². The highest BCUT2D eigenvalue weighted by Crippen LogP contribution is 2.38. The molecule has 1 N–H and O–H groups in total. The third kappa shape index (κ3) is 4.46. The molecular weight excluding hydrogens is 467 g/mol. The molecule has 10 heteroatoms. The molecular formula is C24H24F3N3O3S. The minimum absolute atomic E-state index is 0.00355. The van der Waals surface area contributed by atoms with Gasteiger partial charge in [-0.15, -0.1) is 11.3 Å². The fraction of sp³-hybridized carbons (Fsp3) is 0.375. The van der Waals surface area contributed by atoms with Gasteiger partial charge in [-0.3, -0.25) is 14.5 Å². The van der Waals surface area contributed by atoms with Crippen molar-refractivity contribution in [2.45, 2.75) is 51.9 Å². The highest BCUT2D eigenvalue weighted by Gasteiger charge is 2.37. The average Bonchev–Trinajstić information content (AvgIpc) is 3.16. The number of aryl methyl sites for hydroxylation is 1. The zero-order chi connectivity index (χ0) is 24.6. The van der Waals surface area contributed by atoms with E-state index < -0.39 is 23.9 Å². The van der Waals surface area contributed by atoms with Gasteiger partial charge in [0.2, 0.25) is 0 Å². The number of ether oxygens (including phenoxy) is 1. The molecule has 0 saturated heterocycles. The third-order valence-corrected chi connectivity index (χ3v) is 7.12. The van der Waals surface area contributed by atoms with Crippen molar-refractivity contribution in [1.29, 1.82) is 0 Å². The Morgan fingerprint density at radius 3 is 2.59 bits per heavy atom. The SMILES string of the molecule is CCC(CC)NC(=O)C1CN(C(=O)c2sc3nc(C(F)(F)F)ccc3c2C)c2ccccc2O1. The fourth-order valence-electron chi connectivity index (χ4n) is 3.93. The van der Waals surface area contributed by atoms with Crippen LogP contribution in [0.1, 0.15) is 47.6 Å². The molecule has 2 aromatic heterocycles. The van der Waals surface area contributed by atoms with Gasteiger partial charge < -0.3 is 10.1 Å². The molecule has 180 valence electrons. The fourth-order valence-corrected chi connectivity index (χ4v) is 5.06. The van der Waals surface area contributed by atoms with Crippen LogP contribution in [-0.4, -0.2) is 35.5 Å². The van der Waals surface area contributed by atoms with Crippen molar-refractivity contribution < 1.29 is 27.5 Å². The van der Waals surface area contributed by atoms with Gasteiger partial charge in [-0.05, 0) is 49.6 Å². The Hall–Kier alpha value is -3.14. The quantitative estimate of drug-likeness (QED) is 0.523. The number of benzene rings is 1. The third-order valence-electron chi connectivity index (χ3n) is 5.93. The Morgan fingerprint density at radius 1 is 1.21 bits per heavy atom. The summed E-state index contributed by atoms with van der Waals surface area (Å²) in [5.41, 5.74) is 0.0446. The number of amides is 2. The number of hydrogen-bond acceptors (Lipinski definition) is 5. The zero-order valence-electron chi connectivity index (χ0n) is 18.9. The lowest BCUT2D eigenvalue weighted by molar-refractivity contribution is -0.141. The molecule has 6 nitrogen and oxygen atoms in total. The highest BCUT2D eigenvalue weighted by molar-refractivity contribution is 7.20. The zero-order valence-corrected chi connectivity index (χ0v) is 19.7. The van der Waals surface area contributed by atoms with Crippen LogP contribution < -0.4 is 15.0 Å². The van der Waals surface area contributed by atoms with Gasteiger partial charge in [-0.2, -0.15) is 13.2 Å². The number of nitrogens with one attached hydrogen (secondary N) is 1. The van der Waals surface area contributed by atoms with Gasteiger partial charge in [-0.1, -0.05) is 26.0 Å². The largest absolute Gasteiger partial charge is 0.477 e. The molecule has 0 bridgehead atoms. The molecule has 34 heavy (non-hydrogen) atoms. The number of alkyl halides is 3. The first-order valence-corrected chi connectivity index (χ1v) is 11.8. The van der Waals surface area contributed by atoms with Gasteiger partial charge in [-0.25, -0.2) is 4.98 Å². The van der Waals surface area contributed by atoms with E-state index in [-0.39, 0.29) is 28.2 Å². The van der Waals surface area contributed by atoms with Crippen molar-refractivity contribution in [3.63, 3.8) is 0 Å². The number of para-hydroxylation sites is 2. The van der Waals surface area contributed by atoms with Crippen LogP contribution in [0.2, 0.25) is 0 Å². The van der Waals surface area contributed by atoms with E-state index in [1.165, 1.54) is 11.0 Å². The van der Waals surface area contributed by atoms with Crippen LogP contribution in [0.5, 0.6) is 5.75 Å². The number of anilines is 1. The van der Waals surface area contributed by atoms with Gasteiger partial charge in [0.05, 0.1) is 17.1 Å². The van der Waals surface area contributed by atoms with Crippen LogP contribution in [-0.2, 0) is 11.0 Å². The number of rotatable bonds is 5. The van der Waals surface area contributed by atoms with E-state index >= 15 is 0 Å². The van der Waals surface area contributed by atoms with E-state index in [1.54, 1.807) is 31.2 Å². The Morgan fingerprint density at radius 2 is 1.91 bits per heavy atom. The minimum Gasteiger partial charge on any atom is -0.477 e. The van der Waals surface area contributed by atoms with Crippen LogP contribution in [0, 0.1) is 6.92 Å². The van der Waals surface area contributed by atoms with E-state index in [0.29, 0.717) is 22.4 Å². The minimum atomic E-state index is -4.57. The Kier molecular flexibility index (Phi) is 6.53. The number of thiophene rings is 1. The summed E-state index contributed by atoms with van der Waals surface area (Å²) in [4.78, 5) is 32.1. The summed E-state index contributed by atoms with van der Waals surface area (Å²) in [5.74, 6) is -0.335. The maximum absolute atomic E-state index is 13.6. The molecule has 3 heterocycles. The monoisotopic (exact) mass is 491 g/mol. The van der Waals surface area contributed by atoms with Gasteiger partial charge in [0.1, 0.15) is 16.3 Å². The van der Waals surface area contributed by atoms with Gasteiger partial charge in [0.15, 0.2) is 6.10 Å². The Labute approximate surface area is 198 Å². The van der Waals surface area contributed by atoms with E-state index in [1.807, 2.05) is 13.8 Å². The maximum Gasteiger partial charge on any atom is 0.433 e.